The fraction of sp³-hybridized carbons (Fsp3) is 0.278. The summed E-state index contributed by atoms with van der Waals surface area (Å²) in [4.78, 5) is 11.9. The highest BCUT2D eigenvalue weighted by molar-refractivity contribution is 5.94. The van der Waals surface area contributed by atoms with Crippen molar-refractivity contribution in [3.63, 3.8) is 0 Å². The van der Waals surface area contributed by atoms with Crippen molar-refractivity contribution in [3.05, 3.63) is 71.5 Å². The fourth-order valence-electron chi connectivity index (χ4n) is 2.15. The van der Waals surface area contributed by atoms with Gasteiger partial charge in [-0.1, -0.05) is 36.4 Å². The molecule has 0 fully saturated rings. The molecule has 0 spiro atoms. The lowest BCUT2D eigenvalue weighted by molar-refractivity contribution is 0.0478. The van der Waals surface area contributed by atoms with Gasteiger partial charge in [0.05, 0.1) is 5.60 Å². The van der Waals surface area contributed by atoms with Crippen LogP contribution >= 0.6 is 0 Å². The highest BCUT2D eigenvalue weighted by atomic mass is 19.1. The molecule has 0 saturated heterocycles. The van der Waals surface area contributed by atoms with E-state index in [-0.39, 0.29) is 18.0 Å². The quantitative estimate of drug-likeness (QED) is 0.862. The summed E-state index contributed by atoms with van der Waals surface area (Å²) in [6.07, 6.45) is 1.25. The Hall–Kier alpha value is -2.20. The Labute approximate surface area is 129 Å². The van der Waals surface area contributed by atoms with Gasteiger partial charge in [0.1, 0.15) is 5.82 Å². The number of hydrogen-bond acceptors (Lipinski definition) is 2. The largest absolute Gasteiger partial charge is 0.388 e. The minimum absolute atomic E-state index is 0.120. The van der Waals surface area contributed by atoms with E-state index in [2.05, 4.69) is 5.32 Å². The first kappa shape index (κ1) is 16.2. The highest BCUT2D eigenvalue weighted by Crippen LogP contribution is 2.13. The Bertz CT molecular complexity index is 626. The second kappa shape index (κ2) is 7.18. The Morgan fingerprint density at radius 2 is 1.91 bits per heavy atom. The molecule has 2 aromatic carbocycles. The number of halogens is 1. The van der Waals surface area contributed by atoms with Gasteiger partial charge in [-0.3, -0.25) is 4.79 Å². The van der Waals surface area contributed by atoms with Crippen LogP contribution in [-0.2, 0) is 6.42 Å². The van der Waals surface area contributed by atoms with Gasteiger partial charge in [0.15, 0.2) is 0 Å². The summed E-state index contributed by atoms with van der Waals surface area (Å²) >= 11 is 0. The van der Waals surface area contributed by atoms with E-state index in [9.17, 15) is 14.3 Å². The number of hydrogen-bond donors (Lipinski definition) is 2. The van der Waals surface area contributed by atoms with Crippen molar-refractivity contribution in [2.75, 3.05) is 6.54 Å². The molecule has 0 aliphatic rings. The Morgan fingerprint density at radius 1 is 1.18 bits per heavy atom. The predicted octanol–water partition coefficient (Wildman–Crippen LogP) is 2.94. The lowest BCUT2D eigenvalue weighted by Crippen LogP contribution is -2.41. The van der Waals surface area contributed by atoms with E-state index in [0.29, 0.717) is 6.42 Å². The van der Waals surface area contributed by atoms with Gasteiger partial charge in [-0.05, 0) is 43.5 Å². The Balaban J connectivity index is 1.85. The molecule has 2 aromatic rings. The van der Waals surface area contributed by atoms with E-state index in [1.165, 1.54) is 24.3 Å². The van der Waals surface area contributed by atoms with Crippen molar-refractivity contribution in [2.24, 2.45) is 0 Å². The smallest absolute Gasteiger partial charge is 0.251 e. The summed E-state index contributed by atoms with van der Waals surface area (Å²) in [7, 11) is 0. The molecule has 22 heavy (non-hydrogen) atoms. The van der Waals surface area contributed by atoms with Gasteiger partial charge < -0.3 is 10.4 Å². The first-order valence-electron chi connectivity index (χ1n) is 7.26. The molecule has 116 valence electrons. The molecule has 0 aliphatic carbocycles. The molecule has 0 heterocycles. The number of benzene rings is 2. The molecule has 0 aromatic heterocycles. The molecule has 0 aliphatic heterocycles. The van der Waals surface area contributed by atoms with E-state index >= 15 is 0 Å². The Kier molecular flexibility index (Phi) is 5.28. The van der Waals surface area contributed by atoms with Crippen LogP contribution in [0.1, 0.15) is 29.3 Å². The number of carbonyl (C=O) groups is 1. The van der Waals surface area contributed by atoms with Gasteiger partial charge in [0, 0.05) is 12.1 Å². The summed E-state index contributed by atoms with van der Waals surface area (Å²) in [6, 6.07) is 15.3. The summed E-state index contributed by atoms with van der Waals surface area (Å²) in [5, 5.41) is 13.0. The number of carbonyl (C=O) groups excluding carboxylic acids is 1. The molecular weight excluding hydrogens is 281 g/mol. The van der Waals surface area contributed by atoms with Crippen molar-refractivity contribution in [1.82, 2.24) is 5.32 Å². The van der Waals surface area contributed by atoms with Gasteiger partial charge >= 0.3 is 0 Å². The van der Waals surface area contributed by atoms with Crippen LogP contribution in [-0.4, -0.2) is 23.2 Å². The molecule has 0 radical (unpaired) electrons. The summed E-state index contributed by atoms with van der Waals surface area (Å²) in [6.45, 7) is 1.80. The van der Waals surface area contributed by atoms with Crippen LogP contribution in [0.25, 0.3) is 0 Å². The average Bonchev–Trinajstić information content (AvgIpc) is 2.52. The van der Waals surface area contributed by atoms with Crippen molar-refractivity contribution in [3.8, 4) is 0 Å². The topological polar surface area (TPSA) is 49.3 Å². The molecule has 3 nitrogen and oxygen atoms in total. The van der Waals surface area contributed by atoms with Crippen LogP contribution in [0.15, 0.2) is 54.6 Å². The van der Waals surface area contributed by atoms with Crippen LogP contribution in [0, 0.1) is 5.82 Å². The Morgan fingerprint density at radius 3 is 2.59 bits per heavy atom. The van der Waals surface area contributed by atoms with Crippen LogP contribution in [0.4, 0.5) is 4.39 Å². The molecular formula is C18H20FNO2. The van der Waals surface area contributed by atoms with Crippen molar-refractivity contribution < 1.29 is 14.3 Å². The van der Waals surface area contributed by atoms with E-state index in [4.69, 9.17) is 0 Å². The van der Waals surface area contributed by atoms with Gasteiger partial charge in [0.2, 0.25) is 0 Å². The van der Waals surface area contributed by atoms with Gasteiger partial charge in [-0.2, -0.15) is 0 Å². The van der Waals surface area contributed by atoms with Crippen LogP contribution < -0.4 is 5.32 Å². The second-order valence-corrected chi connectivity index (χ2v) is 5.68. The number of nitrogens with one attached hydrogen (secondary N) is 1. The molecule has 0 saturated carbocycles. The molecule has 2 rings (SSSR count). The van der Waals surface area contributed by atoms with Gasteiger partial charge in [-0.15, -0.1) is 0 Å². The normalized spacial score (nSPS) is 13.4. The maximum Gasteiger partial charge on any atom is 0.251 e. The SMILES string of the molecule is CC(O)(CCc1ccccc1)CNC(=O)c1cccc(F)c1. The zero-order valence-corrected chi connectivity index (χ0v) is 12.6. The highest BCUT2D eigenvalue weighted by Gasteiger charge is 2.21. The van der Waals surface area contributed by atoms with E-state index < -0.39 is 11.4 Å². The first-order valence-corrected chi connectivity index (χ1v) is 7.26. The third-order valence-electron chi connectivity index (χ3n) is 3.51. The third kappa shape index (κ3) is 4.97. The monoisotopic (exact) mass is 301 g/mol. The molecule has 1 unspecified atom stereocenters. The zero-order valence-electron chi connectivity index (χ0n) is 12.6. The lowest BCUT2D eigenvalue weighted by Gasteiger charge is -2.23. The molecule has 0 bridgehead atoms. The first-order chi connectivity index (χ1) is 10.5. The van der Waals surface area contributed by atoms with Gasteiger partial charge in [-0.25, -0.2) is 4.39 Å². The number of aryl methyl sites for hydroxylation is 1. The van der Waals surface area contributed by atoms with Crippen LogP contribution in [0.2, 0.25) is 0 Å². The maximum absolute atomic E-state index is 13.1. The zero-order chi connectivity index (χ0) is 16.0. The second-order valence-electron chi connectivity index (χ2n) is 5.68. The molecule has 4 heteroatoms. The minimum Gasteiger partial charge on any atom is -0.388 e. The van der Waals surface area contributed by atoms with E-state index in [1.807, 2.05) is 30.3 Å². The summed E-state index contributed by atoms with van der Waals surface area (Å²) < 4.78 is 13.1. The van der Waals surface area contributed by atoms with Crippen molar-refractivity contribution in [2.45, 2.75) is 25.4 Å². The van der Waals surface area contributed by atoms with Crippen molar-refractivity contribution >= 4 is 5.91 Å². The van der Waals surface area contributed by atoms with E-state index in [0.717, 1.165) is 12.0 Å². The van der Waals surface area contributed by atoms with Crippen LogP contribution in [0.3, 0.4) is 0 Å². The molecule has 1 amide bonds. The maximum atomic E-state index is 13.1. The number of amides is 1. The van der Waals surface area contributed by atoms with Gasteiger partial charge in [0.25, 0.3) is 5.91 Å². The minimum atomic E-state index is -1.02. The fourth-order valence-corrected chi connectivity index (χ4v) is 2.15. The standard InChI is InChI=1S/C18H20FNO2/c1-18(22,11-10-14-6-3-2-4-7-14)13-20-17(21)15-8-5-9-16(19)12-15/h2-9,12,22H,10-11,13H2,1H3,(H,20,21). The lowest BCUT2D eigenvalue weighted by atomic mass is 9.96. The van der Waals surface area contributed by atoms with Crippen molar-refractivity contribution in [1.29, 1.82) is 0 Å². The number of aliphatic hydroxyl groups is 1. The average molecular weight is 301 g/mol. The molecule has 2 N–H and O–H groups in total. The van der Waals surface area contributed by atoms with Crippen LogP contribution in [0.5, 0.6) is 0 Å². The molecule has 1 atom stereocenters. The van der Waals surface area contributed by atoms with E-state index in [1.54, 1.807) is 6.92 Å². The summed E-state index contributed by atoms with van der Waals surface area (Å²) in [5.41, 5.74) is 0.372. The predicted molar refractivity (Wildman–Crippen MR) is 84.1 cm³/mol. The summed E-state index contributed by atoms with van der Waals surface area (Å²) in [5.74, 6) is -0.844. The third-order valence-corrected chi connectivity index (χ3v) is 3.51. The number of rotatable bonds is 6.